The Labute approximate surface area is 163 Å². The molecular weight excluding hydrogens is 352 g/mol. The molecule has 0 N–H and O–H groups in total. The molecule has 0 aliphatic rings. The largest absolute Gasteiger partial charge is 0.481 e. The van der Waals surface area contributed by atoms with Gasteiger partial charge in [0.1, 0.15) is 6.61 Å². The Morgan fingerprint density at radius 3 is 2.46 bits per heavy atom. The lowest BCUT2D eigenvalue weighted by atomic mass is 10.1. The van der Waals surface area contributed by atoms with Crippen LogP contribution in [0.25, 0.3) is 22.4 Å². The second-order valence-corrected chi connectivity index (χ2v) is 6.31. The average molecular weight is 372 g/mol. The highest BCUT2D eigenvalue weighted by atomic mass is 16.5. The molecule has 0 radical (unpaired) electrons. The monoisotopic (exact) mass is 372 g/mol. The van der Waals surface area contributed by atoms with Crippen LogP contribution in [0.3, 0.4) is 0 Å². The van der Waals surface area contributed by atoms with E-state index in [1.807, 2.05) is 67.8 Å². The van der Waals surface area contributed by atoms with E-state index in [1.54, 1.807) is 24.2 Å². The van der Waals surface area contributed by atoms with Gasteiger partial charge in [0.2, 0.25) is 11.8 Å². The van der Waals surface area contributed by atoms with Crippen LogP contribution in [0, 0.1) is 0 Å². The van der Waals surface area contributed by atoms with Gasteiger partial charge in [-0.05, 0) is 29.3 Å². The van der Waals surface area contributed by atoms with Crippen molar-refractivity contribution in [3.8, 4) is 34.1 Å². The Balaban J connectivity index is 1.49. The van der Waals surface area contributed by atoms with E-state index in [0.717, 1.165) is 27.9 Å². The van der Waals surface area contributed by atoms with Gasteiger partial charge in [0.15, 0.2) is 0 Å². The second kappa shape index (κ2) is 7.92. The molecule has 4 aromatic rings. The van der Waals surface area contributed by atoms with Gasteiger partial charge in [-0.15, -0.1) is 5.10 Å². The third-order valence-electron chi connectivity index (χ3n) is 4.34. The summed E-state index contributed by atoms with van der Waals surface area (Å²) < 4.78 is 12.9. The fourth-order valence-corrected chi connectivity index (χ4v) is 2.92. The Morgan fingerprint density at radius 2 is 1.71 bits per heavy atom. The number of ether oxygens (including phenoxy) is 2. The molecule has 0 saturated heterocycles. The normalized spacial score (nSPS) is 10.6. The highest BCUT2D eigenvalue weighted by molar-refractivity contribution is 5.67. The van der Waals surface area contributed by atoms with Gasteiger partial charge in [0, 0.05) is 37.3 Å². The van der Waals surface area contributed by atoms with E-state index in [0.29, 0.717) is 18.4 Å². The summed E-state index contributed by atoms with van der Waals surface area (Å²) in [6.07, 6.45) is 5.47. The summed E-state index contributed by atoms with van der Waals surface area (Å²) in [6, 6.07) is 17.7. The third kappa shape index (κ3) is 3.86. The molecule has 28 heavy (non-hydrogen) atoms. The Kier molecular flexibility index (Phi) is 5.01. The molecule has 0 saturated carbocycles. The maximum atomic E-state index is 5.99. The van der Waals surface area contributed by atoms with Crippen LogP contribution in [0.1, 0.15) is 5.56 Å². The number of nitrogens with zero attached hydrogens (tertiary/aromatic N) is 4. The molecule has 140 valence electrons. The van der Waals surface area contributed by atoms with Crippen molar-refractivity contribution in [3.63, 3.8) is 0 Å². The molecule has 4 rings (SSSR count). The van der Waals surface area contributed by atoms with Crippen molar-refractivity contribution < 1.29 is 9.47 Å². The van der Waals surface area contributed by atoms with Crippen LogP contribution in [-0.2, 0) is 13.7 Å². The van der Waals surface area contributed by atoms with Gasteiger partial charge >= 0.3 is 0 Å². The number of aromatic nitrogens is 4. The summed E-state index contributed by atoms with van der Waals surface area (Å²) in [5.74, 6) is 1.20. The average Bonchev–Trinajstić information content (AvgIpc) is 3.14. The molecule has 0 atom stereocenters. The second-order valence-electron chi connectivity index (χ2n) is 6.31. The topological polar surface area (TPSA) is 62.1 Å². The summed E-state index contributed by atoms with van der Waals surface area (Å²) in [5.41, 5.74) is 4.92. The SMILES string of the molecule is COc1cccc(-c2ccc(COc3nn(C)cc3-c3ccncc3)cc2)n1. The van der Waals surface area contributed by atoms with Gasteiger partial charge in [-0.2, -0.15) is 0 Å². The quantitative estimate of drug-likeness (QED) is 0.509. The number of pyridine rings is 2. The van der Waals surface area contributed by atoms with Crippen LogP contribution < -0.4 is 9.47 Å². The Bertz CT molecular complexity index is 1060. The molecule has 6 nitrogen and oxygen atoms in total. The van der Waals surface area contributed by atoms with Gasteiger partial charge in [0.05, 0.1) is 18.4 Å². The van der Waals surface area contributed by atoms with Crippen molar-refractivity contribution in [1.82, 2.24) is 19.7 Å². The van der Waals surface area contributed by atoms with Crippen molar-refractivity contribution in [3.05, 3.63) is 78.8 Å². The van der Waals surface area contributed by atoms with Crippen molar-refractivity contribution in [2.24, 2.45) is 7.05 Å². The zero-order valence-electron chi connectivity index (χ0n) is 15.7. The number of hydrogen-bond donors (Lipinski definition) is 0. The van der Waals surface area contributed by atoms with Crippen molar-refractivity contribution in [2.75, 3.05) is 7.11 Å². The zero-order valence-corrected chi connectivity index (χ0v) is 15.7. The van der Waals surface area contributed by atoms with Crippen LogP contribution in [-0.4, -0.2) is 26.9 Å². The molecule has 1 aromatic carbocycles. The van der Waals surface area contributed by atoms with Crippen LogP contribution in [0.4, 0.5) is 0 Å². The highest BCUT2D eigenvalue weighted by Crippen LogP contribution is 2.29. The summed E-state index contributed by atoms with van der Waals surface area (Å²) in [7, 11) is 3.50. The summed E-state index contributed by atoms with van der Waals surface area (Å²) in [5, 5.41) is 4.44. The molecule has 0 bridgehead atoms. The van der Waals surface area contributed by atoms with Gasteiger partial charge in [0.25, 0.3) is 0 Å². The summed E-state index contributed by atoms with van der Waals surface area (Å²) >= 11 is 0. The molecule has 6 heteroatoms. The third-order valence-corrected chi connectivity index (χ3v) is 4.34. The maximum Gasteiger partial charge on any atom is 0.241 e. The molecule has 0 aliphatic carbocycles. The van der Waals surface area contributed by atoms with Gasteiger partial charge in [-0.25, -0.2) is 4.98 Å². The smallest absolute Gasteiger partial charge is 0.241 e. The van der Waals surface area contributed by atoms with E-state index in [4.69, 9.17) is 9.47 Å². The minimum atomic E-state index is 0.431. The lowest BCUT2D eigenvalue weighted by Crippen LogP contribution is -1.98. The Hall–Kier alpha value is -3.67. The molecular formula is C22H20N4O2. The lowest BCUT2D eigenvalue weighted by Gasteiger charge is -2.08. The standard InChI is InChI=1S/C22H20N4O2/c1-26-14-19(17-10-12-23-13-11-17)22(25-26)28-15-16-6-8-18(9-7-16)20-4-3-5-21(24-20)27-2/h3-14H,15H2,1-2H3. The van der Waals surface area contributed by atoms with Crippen molar-refractivity contribution in [1.29, 1.82) is 0 Å². The fraction of sp³-hybridized carbons (Fsp3) is 0.136. The maximum absolute atomic E-state index is 5.99. The van der Waals surface area contributed by atoms with Gasteiger partial charge in [-0.1, -0.05) is 30.3 Å². The molecule has 0 fully saturated rings. The van der Waals surface area contributed by atoms with Gasteiger partial charge in [-0.3, -0.25) is 9.67 Å². The number of methoxy groups -OCH3 is 1. The zero-order chi connectivity index (χ0) is 19.3. The predicted molar refractivity (Wildman–Crippen MR) is 107 cm³/mol. The predicted octanol–water partition coefficient (Wildman–Crippen LogP) is 4.13. The van der Waals surface area contributed by atoms with Crippen LogP contribution >= 0.6 is 0 Å². The molecule has 0 aliphatic heterocycles. The van der Waals surface area contributed by atoms with E-state index in [-0.39, 0.29) is 0 Å². The van der Waals surface area contributed by atoms with Crippen molar-refractivity contribution >= 4 is 0 Å². The van der Waals surface area contributed by atoms with Crippen LogP contribution in [0.5, 0.6) is 11.8 Å². The molecule has 0 unspecified atom stereocenters. The minimum Gasteiger partial charge on any atom is -0.481 e. The lowest BCUT2D eigenvalue weighted by molar-refractivity contribution is 0.292. The number of benzene rings is 1. The van der Waals surface area contributed by atoms with Crippen LogP contribution in [0.15, 0.2) is 73.2 Å². The first-order valence-electron chi connectivity index (χ1n) is 8.90. The molecule has 0 spiro atoms. The number of rotatable bonds is 6. The molecule has 3 aromatic heterocycles. The van der Waals surface area contributed by atoms with E-state index < -0.39 is 0 Å². The van der Waals surface area contributed by atoms with E-state index >= 15 is 0 Å². The number of hydrogen-bond acceptors (Lipinski definition) is 5. The molecule has 0 amide bonds. The first-order valence-corrected chi connectivity index (χ1v) is 8.90. The summed E-state index contributed by atoms with van der Waals surface area (Å²) in [6.45, 7) is 0.431. The molecule has 3 heterocycles. The first kappa shape index (κ1) is 17.7. The summed E-state index contributed by atoms with van der Waals surface area (Å²) in [4.78, 5) is 8.53. The number of aryl methyl sites for hydroxylation is 1. The van der Waals surface area contributed by atoms with Crippen molar-refractivity contribution in [2.45, 2.75) is 6.61 Å². The fourth-order valence-electron chi connectivity index (χ4n) is 2.92. The highest BCUT2D eigenvalue weighted by Gasteiger charge is 2.11. The van der Waals surface area contributed by atoms with Gasteiger partial charge < -0.3 is 9.47 Å². The Morgan fingerprint density at radius 1 is 0.929 bits per heavy atom. The minimum absolute atomic E-state index is 0.431. The van der Waals surface area contributed by atoms with E-state index in [1.165, 1.54) is 0 Å². The van der Waals surface area contributed by atoms with E-state index in [2.05, 4.69) is 15.1 Å². The van der Waals surface area contributed by atoms with E-state index in [9.17, 15) is 0 Å². The van der Waals surface area contributed by atoms with Crippen LogP contribution in [0.2, 0.25) is 0 Å². The first-order chi connectivity index (χ1) is 13.7.